The molecule has 0 saturated carbocycles. The predicted molar refractivity (Wildman–Crippen MR) is 82.4 cm³/mol. The lowest BCUT2D eigenvalue weighted by atomic mass is 10.1. The van der Waals surface area contributed by atoms with Gasteiger partial charge in [-0.15, -0.1) is 0 Å². The first-order valence-electron chi connectivity index (χ1n) is 6.87. The highest BCUT2D eigenvalue weighted by molar-refractivity contribution is 5.74. The summed E-state index contributed by atoms with van der Waals surface area (Å²) in [6.45, 7) is 0. The van der Waals surface area contributed by atoms with Gasteiger partial charge in [0, 0.05) is 6.42 Å². The average Bonchev–Trinajstić information content (AvgIpc) is 2.50. The van der Waals surface area contributed by atoms with E-state index >= 15 is 0 Å². The van der Waals surface area contributed by atoms with Crippen LogP contribution in [0.4, 0.5) is 5.69 Å². The van der Waals surface area contributed by atoms with Crippen LogP contribution in [0.15, 0.2) is 48.5 Å². The fraction of sp³-hybridized carbons (Fsp3) is 0.235. The Bertz CT molecular complexity index is 593. The Kier molecular flexibility index (Phi) is 5.21. The zero-order valence-corrected chi connectivity index (χ0v) is 12.0. The molecule has 0 bridgehead atoms. The van der Waals surface area contributed by atoms with Crippen molar-refractivity contribution in [3.8, 4) is 11.5 Å². The Morgan fingerprint density at radius 1 is 1.10 bits per heavy atom. The molecule has 2 aromatic rings. The van der Waals surface area contributed by atoms with Crippen LogP contribution in [0.2, 0.25) is 0 Å². The maximum atomic E-state index is 11.8. The molecule has 0 amide bonds. The summed E-state index contributed by atoms with van der Waals surface area (Å²) in [6, 6.07) is 14.8. The summed E-state index contributed by atoms with van der Waals surface area (Å²) in [6.07, 6.45) is 1.92. The van der Waals surface area contributed by atoms with Gasteiger partial charge >= 0.3 is 5.97 Å². The van der Waals surface area contributed by atoms with E-state index in [1.165, 1.54) is 5.56 Å². The fourth-order valence-corrected chi connectivity index (χ4v) is 1.98. The number of anilines is 1. The van der Waals surface area contributed by atoms with Gasteiger partial charge in [0.2, 0.25) is 0 Å². The molecule has 4 heteroatoms. The van der Waals surface area contributed by atoms with Crippen molar-refractivity contribution >= 4 is 11.7 Å². The Balaban J connectivity index is 1.77. The zero-order chi connectivity index (χ0) is 15.1. The average molecular weight is 285 g/mol. The summed E-state index contributed by atoms with van der Waals surface area (Å²) in [5, 5.41) is 0. The summed E-state index contributed by atoms with van der Waals surface area (Å²) >= 11 is 0. The van der Waals surface area contributed by atoms with Crippen LogP contribution in [0.1, 0.15) is 18.4 Å². The molecule has 0 spiro atoms. The van der Waals surface area contributed by atoms with Gasteiger partial charge in [-0.2, -0.15) is 0 Å². The third-order valence-electron chi connectivity index (χ3n) is 3.15. The van der Waals surface area contributed by atoms with E-state index in [4.69, 9.17) is 15.2 Å². The van der Waals surface area contributed by atoms with E-state index in [-0.39, 0.29) is 5.97 Å². The second-order valence-corrected chi connectivity index (χ2v) is 4.71. The lowest BCUT2D eigenvalue weighted by molar-refractivity contribution is -0.134. The van der Waals surface area contributed by atoms with Crippen molar-refractivity contribution in [2.75, 3.05) is 12.8 Å². The van der Waals surface area contributed by atoms with E-state index in [0.29, 0.717) is 17.9 Å². The minimum atomic E-state index is -0.263. The number of carbonyl (C=O) groups excluding carboxylic acids is 1. The first-order chi connectivity index (χ1) is 10.2. The highest BCUT2D eigenvalue weighted by atomic mass is 16.5. The normalized spacial score (nSPS) is 10.1. The first kappa shape index (κ1) is 14.9. The molecular formula is C17H19NO3. The quantitative estimate of drug-likeness (QED) is 0.503. The Hall–Kier alpha value is -2.49. The van der Waals surface area contributed by atoms with Crippen LogP contribution in [0.3, 0.4) is 0 Å². The van der Waals surface area contributed by atoms with Crippen molar-refractivity contribution in [3.63, 3.8) is 0 Å². The minimum absolute atomic E-state index is 0.263. The smallest absolute Gasteiger partial charge is 0.311 e. The molecule has 0 aliphatic heterocycles. The first-order valence-corrected chi connectivity index (χ1v) is 6.87. The van der Waals surface area contributed by atoms with E-state index in [0.717, 1.165) is 18.6 Å². The number of hydrogen-bond acceptors (Lipinski definition) is 4. The summed E-state index contributed by atoms with van der Waals surface area (Å²) in [5.74, 6) is 0.992. The molecule has 0 heterocycles. The maximum absolute atomic E-state index is 11.8. The molecule has 0 aromatic heterocycles. The monoisotopic (exact) mass is 285 g/mol. The van der Waals surface area contributed by atoms with Crippen LogP contribution in [0, 0.1) is 0 Å². The summed E-state index contributed by atoms with van der Waals surface area (Å²) < 4.78 is 10.3. The van der Waals surface area contributed by atoms with Crippen LogP contribution < -0.4 is 15.2 Å². The van der Waals surface area contributed by atoms with Crippen molar-refractivity contribution < 1.29 is 14.3 Å². The van der Waals surface area contributed by atoms with Gasteiger partial charge < -0.3 is 15.2 Å². The second kappa shape index (κ2) is 7.33. The van der Waals surface area contributed by atoms with E-state index in [1.807, 2.05) is 24.3 Å². The van der Waals surface area contributed by atoms with Crippen LogP contribution >= 0.6 is 0 Å². The van der Waals surface area contributed by atoms with Gasteiger partial charge in [0.05, 0.1) is 12.8 Å². The molecule has 0 fully saturated rings. The van der Waals surface area contributed by atoms with Gasteiger partial charge in [0.25, 0.3) is 0 Å². The maximum Gasteiger partial charge on any atom is 0.311 e. The minimum Gasteiger partial charge on any atom is -0.497 e. The van der Waals surface area contributed by atoms with Gasteiger partial charge in [-0.25, -0.2) is 0 Å². The molecule has 2 aromatic carbocycles. The summed E-state index contributed by atoms with van der Waals surface area (Å²) in [7, 11) is 1.64. The number of carbonyl (C=O) groups is 1. The van der Waals surface area contributed by atoms with Gasteiger partial charge in [0.1, 0.15) is 5.75 Å². The number of nitrogens with two attached hydrogens (primary N) is 1. The van der Waals surface area contributed by atoms with E-state index in [2.05, 4.69) is 0 Å². The molecule has 0 aliphatic carbocycles. The number of nitrogen functional groups attached to an aromatic ring is 1. The number of rotatable bonds is 6. The number of para-hydroxylation sites is 2. The summed E-state index contributed by atoms with van der Waals surface area (Å²) in [5.41, 5.74) is 7.37. The molecule has 0 aliphatic rings. The lowest BCUT2D eigenvalue weighted by Gasteiger charge is -2.07. The van der Waals surface area contributed by atoms with E-state index in [9.17, 15) is 4.79 Å². The molecular weight excluding hydrogens is 266 g/mol. The van der Waals surface area contributed by atoms with Crippen LogP contribution in [0.25, 0.3) is 0 Å². The predicted octanol–water partition coefficient (Wildman–Crippen LogP) is 3.21. The third-order valence-corrected chi connectivity index (χ3v) is 3.15. The molecule has 0 radical (unpaired) electrons. The van der Waals surface area contributed by atoms with Crippen molar-refractivity contribution in [2.45, 2.75) is 19.3 Å². The highest BCUT2D eigenvalue weighted by Gasteiger charge is 2.07. The van der Waals surface area contributed by atoms with Crippen LogP contribution in [0.5, 0.6) is 11.5 Å². The second-order valence-electron chi connectivity index (χ2n) is 4.71. The number of aryl methyl sites for hydroxylation is 1. The number of benzene rings is 2. The number of hydrogen-bond donors (Lipinski definition) is 1. The molecule has 4 nitrogen and oxygen atoms in total. The van der Waals surface area contributed by atoms with Crippen LogP contribution in [-0.4, -0.2) is 13.1 Å². The van der Waals surface area contributed by atoms with Gasteiger partial charge in [-0.05, 0) is 42.7 Å². The van der Waals surface area contributed by atoms with E-state index < -0.39 is 0 Å². The topological polar surface area (TPSA) is 61.5 Å². The molecule has 110 valence electrons. The van der Waals surface area contributed by atoms with Crippen molar-refractivity contribution in [3.05, 3.63) is 54.1 Å². The van der Waals surface area contributed by atoms with Crippen molar-refractivity contribution in [1.29, 1.82) is 0 Å². The van der Waals surface area contributed by atoms with Crippen molar-refractivity contribution in [1.82, 2.24) is 0 Å². The largest absolute Gasteiger partial charge is 0.497 e. The standard InChI is InChI=1S/C17H19NO3/c1-20-14-11-9-13(10-12-14)5-4-8-17(19)21-16-7-3-2-6-15(16)18/h2-3,6-7,9-12H,4-5,8,18H2,1H3. The molecule has 21 heavy (non-hydrogen) atoms. The number of esters is 1. The highest BCUT2D eigenvalue weighted by Crippen LogP contribution is 2.20. The van der Waals surface area contributed by atoms with Gasteiger partial charge in [-0.3, -0.25) is 4.79 Å². The third kappa shape index (κ3) is 4.53. The number of methoxy groups -OCH3 is 1. The van der Waals surface area contributed by atoms with E-state index in [1.54, 1.807) is 31.4 Å². The van der Waals surface area contributed by atoms with Crippen LogP contribution in [-0.2, 0) is 11.2 Å². The van der Waals surface area contributed by atoms with Gasteiger partial charge in [0.15, 0.2) is 5.75 Å². The van der Waals surface area contributed by atoms with Gasteiger partial charge in [-0.1, -0.05) is 24.3 Å². The SMILES string of the molecule is COc1ccc(CCCC(=O)Oc2ccccc2N)cc1. The molecule has 2 N–H and O–H groups in total. The zero-order valence-electron chi connectivity index (χ0n) is 12.0. The molecule has 0 atom stereocenters. The summed E-state index contributed by atoms with van der Waals surface area (Å²) in [4.78, 5) is 11.8. The van der Waals surface area contributed by atoms with Crippen molar-refractivity contribution in [2.24, 2.45) is 0 Å². The number of ether oxygens (including phenoxy) is 2. The fourth-order valence-electron chi connectivity index (χ4n) is 1.98. The Labute approximate surface area is 124 Å². The molecule has 0 unspecified atom stereocenters. The Morgan fingerprint density at radius 3 is 2.48 bits per heavy atom. The molecule has 0 saturated heterocycles. The molecule has 2 rings (SSSR count). The lowest BCUT2D eigenvalue weighted by Crippen LogP contribution is -2.09. The Morgan fingerprint density at radius 2 is 1.81 bits per heavy atom.